The molecule has 0 aromatic carbocycles. The van der Waals surface area contributed by atoms with Crippen molar-refractivity contribution in [2.75, 3.05) is 26.4 Å². The lowest BCUT2D eigenvalue weighted by atomic mass is 10.0. The van der Waals surface area contributed by atoms with Crippen LogP contribution in [-0.4, -0.2) is 54.3 Å². The smallest absolute Gasteiger partial charge is 0.463 e. The number of aliphatic hydroxyl groups is 1. The predicted molar refractivity (Wildman–Crippen MR) is 137 cm³/mol. The molecule has 2 atom stereocenters. The highest BCUT2D eigenvalue weighted by Crippen LogP contribution is 2.42. The van der Waals surface area contributed by atoms with Crippen molar-refractivity contribution in [3.63, 3.8) is 0 Å². The molecule has 9 nitrogen and oxygen atoms in total. The number of phosphoric acid groups is 1. The van der Waals surface area contributed by atoms with Crippen molar-refractivity contribution in [2.24, 2.45) is 0 Å². The van der Waals surface area contributed by atoms with Crippen LogP contribution in [-0.2, 0) is 27.9 Å². The van der Waals surface area contributed by atoms with E-state index in [0.29, 0.717) is 6.42 Å². The molecule has 1 amide bonds. The first kappa shape index (κ1) is 34.0. The van der Waals surface area contributed by atoms with E-state index >= 15 is 0 Å². The summed E-state index contributed by atoms with van der Waals surface area (Å²) in [7, 11) is -4.36. The fraction of sp³-hybridized carbons (Fsp3) is 0.920. The Hall–Kier alpha value is -0.990. The molecule has 0 spiro atoms. The van der Waals surface area contributed by atoms with Gasteiger partial charge in [-0.05, 0) is 6.42 Å². The lowest BCUT2D eigenvalue weighted by molar-refractivity contribution is -0.146. The van der Waals surface area contributed by atoms with Crippen LogP contribution in [0.5, 0.6) is 0 Å². The van der Waals surface area contributed by atoms with E-state index in [1.165, 1.54) is 70.6 Å². The minimum atomic E-state index is -4.36. The SMILES string of the molecule is CCCCCCCCCCCCCCCCC(=O)NCCOP(=O)(O)OCC(O)COC(=O)CC. The van der Waals surface area contributed by atoms with Gasteiger partial charge in [-0.2, -0.15) is 0 Å². The number of esters is 1. The maximum atomic E-state index is 11.8. The molecule has 0 rings (SSSR count). The molecular formula is C25H50NO8P. The second-order valence-corrected chi connectivity index (χ2v) is 10.4. The second kappa shape index (κ2) is 23.4. The summed E-state index contributed by atoms with van der Waals surface area (Å²) in [4.78, 5) is 32.4. The zero-order valence-electron chi connectivity index (χ0n) is 22.0. The number of carbonyl (C=O) groups excluding carboxylic acids is 2. The fourth-order valence-corrected chi connectivity index (χ4v) is 4.23. The Balaban J connectivity index is 3.52. The van der Waals surface area contributed by atoms with E-state index in [0.717, 1.165) is 19.3 Å². The van der Waals surface area contributed by atoms with E-state index in [1.54, 1.807) is 6.92 Å². The van der Waals surface area contributed by atoms with Gasteiger partial charge in [-0.15, -0.1) is 0 Å². The Morgan fingerprint density at radius 2 is 1.31 bits per heavy atom. The van der Waals surface area contributed by atoms with Crippen molar-refractivity contribution in [3.8, 4) is 0 Å². The zero-order chi connectivity index (χ0) is 26.2. The van der Waals surface area contributed by atoms with Crippen LogP contribution in [0.1, 0.15) is 117 Å². The quantitative estimate of drug-likeness (QED) is 0.0821. The molecule has 0 saturated heterocycles. The van der Waals surface area contributed by atoms with E-state index in [4.69, 9.17) is 9.26 Å². The summed E-state index contributed by atoms with van der Waals surface area (Å²) in [6, 6.07) is 0. The third-order valence-electron chi connectivity index (χ3n) is 5.59. The van der Waals surface area contributed by atoms with E-state index < -0.39 is 26.5 Å². The number of nitrogens with one attached hydrogen (secondary N) is 1. The molecule has 0 saturated carbocycles. The molecule has 0 aromatic heterocycles. The molecule has 0 fully saturated rings. The summed E-state index contributed by atoms with van der Waals surface area (Å²) in [5.74, 6) is -0.605. The summed E-state index contributed by atoms with van der Waals surface area (Å²) >= 11 is 0. The first-order chi connectivity index (χ1) is 16.8. The van der Waals surface area contributed by atoms with Crippen LogP contribution in [0.4, 0.5) is 0 Å². The average Bonchev–Trinajstić information content (AvgIpc) is 2.84. The van der Waals surface area contributed by atoms with Crippen LogP contribution in [0.3, 0.4) is 0 Å². The molecule has 0 aromatic rings. The Bertz CT molecular complexity index is 576. The topological polar surface area (TPSA) is 131 Å². The number of hydrogen-bond acceptors (Lipinski definition) is 7. The number of aliphatic hydroxyl groups excluding tert-OH is 1. The van der Waals surface area contributed by atoms with E-state index in [-0.39, 0.29) is 32.1 Å². The van der Waals surface area contributed by atoms with Gasteiger partial charge in [0.15, 0.2) is 0 Å². The maximum absolute atomic E-state index is 11.8. The summed E-state index contributed by atoms with van der Waals surface area (Å²) < 4.78 is 25.9. The van der Waals surface area contributed by atoms with Crippen molar-refractivity contribution in [1.29, 1.82) is 0 Å². The van der Waals surface area contributed by atoms with Crippen LogP contribution in [0.15, 0.2) is 0 Å². The molecule has 0 aliphatic heterocycles. The standard InChI is InChI=1S/C25H50NO8P/c1-3-5-6-7-8-9-10-11-12-13-14-15-16-17-18-24(28)26-19-20-33-35(30,31)34-22-23(27)21-32-25(29)4-2/h23,27H,3-22H2,1-2H3,(H,26,28)(H,30,31). The molecule has 0 heterocycles. The van der Waals surface area contributed by atoms with Gasteiger partial charge >= 0.3 is 13.8 Å². The Morgan fingerprint density at radius 3 is 1.83 bits per heavy atom. The number of unbranched alkanes of at least 4 members (excludes halogenated alkanes) is 13. The highest BCUT2D eigenvalue weighted by atomic mass is 31.2. The van der Waals surface area contributed by atoms with Gasteiger partial charge in [0.05, 0.1) is 13.2 Å². The summed E-state index contributed by atoms with van der Waals surface area (Å²) in [6.07, 6.45) is 17.0. The van der Waals surface area contributed by atoms with Crippen LogP contribution < -0.4 is 5.32 Å². The molecule has 0 aliphatic carbocycles. The summed E-state index contributed by atoms with van der Waals surface area (Å²) in [6.45, 7) is 2.90. The number of amides is 1. The van der Waals surface area contributed by atoms with Crippen molar-refractivity contribution in [1.82, 2.24) is 5.32 Å². The lowest BCUT2D eigenvalue weighted by Crippen LogP contribution is -2.27. The minimum absolute atomic E-state index is 0.0853. The molecular weight excluding hydrogens is 473 g/mol. The number of hydrogen-bond donors (Lipinski definition) is 3. The molecule has 0 aliphatic rings. The van der Waals surface area contributed by atoms with E-state index in [9.17, 15) is 24.2 Å². The lowest BCUT2D eigenvalue weighted by Gasteiger charge is -2.15. The highest BCUT2D eigenvalue weighted by Gasteiger charge is 2.23. The summed E-state index contributed by atoms with van der Waals surface area (Å²) in [5, 5.41) is 12.2. The number of phosphoric ester groups is 1. The van der Waals surface area contributed by atoms with Gasteiger partial charge in [0, 0.05) is 19.4 Å². The van der Waals surface area contributed by atoms with Crippen LogP contribution in [0.2, 0.25) is 0 Å². The van der Waals surface area contributed by atoms with Gasteiger partial charge in [-0.1, -0.05) is 97.3 Å². The molecule has 3 N–H and O–H groups in total. The van der Waals surface area contributed by atoms with Crippen molar-refractivity contribution in [2.45, 2.75) is 123 Å². The normalized spacial score (nSPS) is 13.8. The Labute approximate surface area is 212 Å². The third kappa shape index (κ3) is 24.5. The van der Waals surface area contributed by atoms with Crippen LogP contribution in [0, 0.1) is 0 Å². The van der Waals surface area contributed by atoms with Crippen molar-refractivity contribution >= 4 is 19.7 Å². The van der Waals surface area contributed by atoms with Gasteiger partial charge in [-0.25, -0.2) is 4.57 Å². The van der Waals surface area contributed by atoms with Gasteiger partial charge in [0.1, 0.15) is 12.7 Å². The maximum Gasteiger partial charge on any atom is 0.472 e. The monoisotopic (exact) mass is 523 g/mol. The molecule has 35 heavy (non-hydrogen) atoms. The molecule has 2 unspecified atom stereocenters. The second-order valence-electron chi connectivity index (χ2n) is 8.98. The first-order valence-corrected chi connectivity index (χ1v) is 15.0. The van der Waals surface area contributed by atoms with Crippen LogP contribution in [0.25, 0.3) is 0 Å². The fourth-order valence-electron chi connectivity index (χ4n) is 3.48. The number of carbonyl (C=O) groups is 2. The third-order valence-corrected chi connectivity index (χ3v) is 6.58. The predicted octanol–water partition coefficient (Wildman–Crippen LogP) is 5.42. The molecule has 0 radical (unpaired) electrons. The number of rotatable bonds is 25. The van der Waals surface area contributed by atoms with Gasteiger partial charge in [0.2, 0.25) is 5.91 Å². The van der Waals surface area contributed by atoms with E-state index in [1.807, 2.05) is 0 Å². The van der Waals surface area contributed by atoms with Crippen LogP contribution >= 0.6 is 7.82 Å². The van der Waals surface area contributed by atoms with Gasteiger partial charge in [0.25, 0.3) is 0 Å². The summed E-state index contributed by atoms with van der Waals surface area (Å²) in [5.41, 5.74) is 0. The van der Waals surface area contributed by atoms with Gasteiger partial charge < -0.3 is 20.1 Å². The number of ether oxygens (including phenoxy) is 1. The van der Waals surface area contributed by atoms with Crippen molar-refractivity contribution in [3.05, 3.63) is 0 Å². The van der Waals surface area contributed by atoms with Crippen molar-refractivity contribution < 1.29 is 37.9 Å². The van der Waals surface area contributed by atoms with E-state index in [2.05, 4.69) is 16.8 Å². The Morgan fingerprint density at radius 1 is 0.800 bits per heavy atom. The first-order valence-electron chi connectivity index (χ1n) is 13.5. The molecule has 0 bridgehead atoms. The minimum Gasteiger partial charge on any atom is -0.463 e. The Kier molecular flexibility index (Phi) is 22.7. The largest absolute Gasteiger partial charge is 0.472 e. The average molecular weight is 524 g/mol. The molecule has 10 heteroatoms. The molecule has 208 valence electrons. The van der Waals surface area contributed by atoms with Gasteiger partial charge in [-0.3, -0.25) is 18.6 Å². The highest BCUT2D eigenvalue weighted by molar-refractivity contribution is 7.47. The zero-order valence-corrected chi connectivity index (χ0v) is 22.9.